The number of ether oxygens (including phenoxy) is 1. The minimum Gasteiger partial charge on any atom is -0.489 e. The van der Waals surface area contributed by atoms with Gasteiger partial charge in [-0.05, 0) is 38.1 Å². The third-order valence-corrected chi connectivity index (χ3v) is 3.24. The van der Waals surface area contributed by atoms with E-state index in [1.165, 1.54) is 0 Å². The molecule has 0 aliphatic heterocycles. The van der Waals surface area contributed by atoms with Crippen molar-refractivity contribution in [3.05, 3.63) is 64.7 Å². The van der Waals surface area contributed by atoms with Crippen LogP contribution in [0.1, 0.15) is 29.8 Å². The lowest BCUT2D eigenvalue weighted by Crippen LogP contribution is -2.30. The van der Waals surface area contributed by atoms with Gasteiger partial charge in [-0.3, -0.25) is 4.79 Å². The zero-order valence-corrected chi connectivity index (χ0v) is 12.9. The second-order valence-corrected chi connectivity index (χ2v) is 5.44. The molecule has 2 aromatic rings. The molecule has 0 saturated carbocycles. The van der Waals surface area contributed by atoms with Gasteiger partial charge in [-0.1, -0.05) is 35.9 Å². The smallest absolute Gasteiger partial charge is 0.251 e. The number of hydrogen-bond donors (Lipinski definition) is 1. The molecule has 3 nitrogen and oxygen atoms in total. The monoisotopic (exact) mass is 303 g/mol. The van der Waals surface area contributed by atoms with Gasteiger partial charge in [0.15, 0.2) is 0 Å². The van der Waals surface area contributed by atoms with E-state index >= 15 is 0 Å². The van der Waals surface area contributed by atoms with Crippen LogP contribution in [0, 0.1) is 0 Å². The maximum absolute atomic E-state index is 11.9. The zero-order valence-electron chi connectivity index (χ0n) is 12.1. The minimum atomic E-state index is -0.104. The third-order valence-electron chi connectivity index (χ3n) is 2.87. The number of rotatable bonds is 5. The molecule has 0 radical (unpaired) electrons. The lowest BCUT2D eigenvalue weighted by atomic mass is 10.2. The molecule has 1 N–H and O–H groups in total. The molecule has 21 heavy (non-hydrogen) atoms. The highest BCUT2D eigenvalue weighted by Gasteiger charge is 2.08. The van der Waals surface area contributed by atoms with Crippen molar-refractivity contribution in [1.29, 1.82) is 0 Å². The predicted molar refractivity (Wildman–Crippen MR) is 84.8 cm³/mol. The highest BCUT2D eigenvalue weighted by atomic mass is 35.5. The lowest BCUT2D eigenvalue weighted by molar-refractivity contribution is 0.0942. The van der Waals surface area contributed by atoms with Gasteiger partial charge in [0.25, 0.3) is 5.91 Å². The molecule has 2 rings (SSSR count). The lowest BCUT2D eigenvalue weighted by Gasteiger charge is -2.11. The molecule has 0 bridgehead atoms. The molecule has 0 unspecified atom stereocenters. The third kappa shape index (κ3) is 4.50. The molecule has 0 aromatic heterocycles. The molecule has 110 valence electrons. The minimum absolute atomic E-state index is 0.102. The fourth-order valence-corrected chi connectivity index (χ4v) is 2.04. The van der Waals surface area contributed by atoms with Crippen LogP contribution in [0.25, 0.3) is 0 Å². The van der Waals surface area contributed by atoms with Crippen LogP contribution in [0.4, 0.5) is 0 Å². The molecule has 1 amide bonds. The summed E-state index contributed by atoms with van der Waals surface area (Å²) in [6, 6.07) is 14.8. The number of halogens is 1. The summed E-state index contributed by atoms with van der Waals surface area (Å²) in [5.41, 5.74) is 1.50. The van der Waals surface area contributed by atoms with Crippen molar-refractivity contribution in [3.8, 4) is 5.75 Å². The molecule has 0 aliphatic carbocycles. The van der Waals surface area contributed by atoms with Crippen molar-refractivity contribution in [1.82, 2.24) is 5.32 Å². The van der Waals surface area contributed by atoms with Crippen LogP contribution in [0.3, 0.4) is 0 Å². The Bertz CT molecular complexity index is 626. The van der Waals surface area contributed by atoms with E-state index < -0.39 is 0 Å². The number of benzene rings is 2. The van der Waals surface area contributed by atoms with Crippen molar-refractivity contribution in [3.63, 3.8) is 0 Å². The molecule has 0 spiro atoms. The van der Waals surface area contributed by atoms with Gasteiger partial charge in [0.2, 0.25) is 0 Å². The summed E-state index contributed by atoms with van der Waals surface area (Å²) < 4.78 is 5.70. The van der Waals surface area contributed by atoms with Crippen molar-refractivity contribution < 1.29 is 9.53 Å². The summed E-state index contributed by atoms with van der Waals surface area (Å²) >= 11 is 6.09. The number of carbonyl (C=O) groups is 1. The first kappa shape index (κ1) is 15.4. The van der Waals surface area contributed by atoms with Gasteiger partial charge in [-0.15, -0.1) is 0 Å². The average molecular weight is 304 g/mol. The summed E-state index contributed by atoms with van der Waals surface area (Å²) in [6.45, 7) is 4.22. The standard InChI is InChI=1S/C17H18ClNO2/c1-12(2)19-17(20)13-7-5-8-15(10-13)21-11-14-6-3-4-9-16(14)18/h3-10,12H,11H2,1-2H3,(H,19,20). The van der Waals surface area contributed by atoms with Gasteiger partial charge >= 0.3 is 0 Å². The number of amides is 1. The Balaban J connectivity index is 2.04. The van der Waals surface area contributed by atoms with E-state index in [-0.39, 0.29) is 11.9 Å². The summed E-state index contributed by atoms with van der Waals surface area (Å²) in [6.07, 6.45) is 0. The van der Waals surface area contributed by atoms with E-state index in [1.807, 2.05) is 44.2 Å². The van der Waals surface area contributed by atoms with Gasteiger partial charge in [0, 0.05) is 22.2 Å². The number of hydrogen-bond acceptors (Lipinski definition) is 2. The van der Waals surface area contributed by atoms with Crippen LogP contribution in [0.15, 0.2) is 48.5 Å². The Labute approximate surface area is 129 Å². The molecule has 0 fully saturated rings. The Kier molecular flexibility index (Phi) is 5.23. The first-order chi connectivity index (χ1) is 10.1. The summed E-state index contributed by atoms with van der Waals surface area (Å²) in [4.78, 5) is 11.9. The maximum atomic E-state index is 11.9. The topological polar surface area (TPSA) is 38.3 Å². The van der Waals surface area contributed by atoms with E-state index in [4.69, 9.17) is 16.3 Å². The fourth-order valence-electron chi connectivity index (χ4n) is 1.85. The molecule has 2 aromatic carbocycles. The number of nitrogens with one attached hydrogen (secondary N) is 1. The molecule has 4 heteroatoms. The Morgan fingerprint density at radius 3 is 2.67 bits per heavy atom. The SMILES string of the molecule is CC(C)NC(=O)c1cccc(OCc2ccccc2Cl)c1. The second-order valence-electron chi connectivity index (χ2n) is 5.04. The van der Waals surface area contributed by atoms with Crippen LogP contribution < -0.4 is 10.1 Å². The Morgan fingerprint density at radius 1 is 1.19 bits per heavy atom. The first-order valence-electron chi connectivity index (χ1n) is 6.83. The van der Waals surface area contributed by atoms with Crippen molar-refractivity contribution in [2.75, 3.05) is 0 Å². The van der Waals surface area contributed by atoms with E-state index in [9.17, 15) is 4.79 Å². The molecular formula is C17H18ClNO2. The van der Waals surface area contributed by atoms with Crippen molar-refractivity contribution >= 4 is 17.5 Å². The maximum Gasteiger partial charge on any atom is 0.251 e. The highest BCUT2D eigenvalue weighted by molar-refractivity contribution is 6.31. The van der Waals surface area contributed by atoms with E-state index in [0.717, 1.165) is 5.56 Å². The van der Waals surface area contributed by atoms with Crippen LogP contribution in [0.5, 0.6) is 5.75 Å². The summed E-state index contributed by atoms with van der Waals surface area (Å²) in [5, 5.41) is 3.53. The molecule has 0 saturated heterocycles. The summed E-state index contributed by atoms with van der Waals surface area (Å²) in [5.74, 6) is 0.541. The van der Waals surface area contributed by atoms with E-state index in [1.54, 1.807) is 18.2 Å². The molecular weight excluding hydrogens is 286 g/mol. The summed E-state index contributed by atoms with van der Waals surface area (Å²) in [7, 11) is 0. The highest BCUT2D eigenvalue weighted by Crippen LogP contribution is 2.19. The fraction of sp³-hybridized carbons (Fsp3) is 0.235. The molecule has 0 atom stereocenters. The van der Waals surface area contributed by atoms with Gasteiger partial charge in [-0.2, -0.15) is 0 Å². The van der Waals surface area contributed by atoms with Gasteiger partial charge in [0.1, 0.15) is 12.4 Å². The van der Waals surface area contributed by atoms with Crippen LogP contribution >= 0.6 is 11.6 Å². The van der Waals surface area contributed by atoms with Crippen LogP contribution in [-0.2, 0) is 6.61 Å². The molecule has 0 heterocycles. The van der Waals surface area contributed by atoms with Crippen LogP contribution in [-0.4, -0.2) is 11.9 Å². The number of carbonyl (C=O) groups excluding carboxylic acids is 1. The first-order valence-corrected chi connectivity index (χ1v) is 7.21. The van der Waals surface area contributed by atoms with Crippen LogP contribution in [0.2, 0.25) is 5.02 Å². The predicted octanol–water partition coefficient (Wildman–Crippen LogP) is 4.06. The zero-order chi connectivity index (χ0) is 15.2. The van der Waals surface area contributed by atoms with Crippen molar-refractivity contribution in [2.24, 2.45) is 0 Å². The van der Waals surface area contributed by atoms with Gasteiger partial charge in [-0.25, -0.2) is 0 Å². The second kappa shape index (κ2) is 7.14. The van der Waals surface area contributed by atoms with E-state index in [2.05, 4.69) is 5.32 Å². The quantitative estimate of drug-likeness (QED) is 0.904. The van der Waals surface area contributed by atoms with Gasteiger partial charge < -0.3 is 10.1 Å². The van der Waals surface area contributed by atoms with Crippen molar-refractivity contribution in [2.45, 2.75) is 26.5 Å². The Morgan fingerprint density at radius 2 is 1.95 bits per heavy atom. The molecule has 0 aliphatic rings. The largest absolute Gasteiger partial charge is 0.489 e. The average Bonchev–Trinajstić information content (AvgIpc) is 2.46. The van der Waals surface area contributed by atoms with Gasteiger partial charge in [0.05, 0.1) is 0 Å². The van der Waals surface area contributed by atoms with E-state index in [0.29, 0.717) is 22.9 Å². The Hall–Kier alpha value is -2.00. The normalized spacial score (nSPS) is 10.5.